The summed E-state index contributed by atoms with van der Waals surface area (Å²) in [6, 6.07) is 2.03. The van der Waals surface area contributed by atoms with Crippen LogP contribution >= 0.6 is 0 Å². The Balaban J connectivity index is 2.42. The first-order valence-corrected chi connectivity index (χ1v) is 11.5. The molecule has 8 nitrogen and oxygen atoms in total. The minimum absolute atomic E-state index is 0.0901. The van der Waals surface area contributed by atoms with Gasteiger partial charge in [-0.15, -0.1) is 0 Å². The minimum atomic E-state index is -2.24. The number of aliphatic hydroxyl groups excluding tert-OH is 1. The number of nitrogens with one attached hydrogen (secondary N) is 1. The van der Waals surface area contributed by atoms with E-state index in [-0.39, 0.29) is 11.5 Å². The van der Waals surface area contributed by atoms with Gasteiger partial charge in [-0.3, -0.25) is 14.3 Å². The average molecular weight is 382 g/mol. The molecule has 1 saturated heterocycles. The number of hydrogen-bond donors (Lipinski definition) is 2. The van der Waals surface area contributed by atoms with Gasteiger partial charge in [0, 0.05) is 18.2 Å². The van der Waals surface area contributed by atoms with Crippen LogP contribution in [-0.4, -0.2) is 41.3 Å². The second-order valence-electron chi connectivity index (χ2n) is 8.31. The van der Waals surface area contributed by atoms with E-state index in [2.05, 4.69) is 38.8 Å². The summed E-state index contributed by atoms with van der Waals surface area (Å²) in [7, 11) is -2.24. The fourth-order valence-corrected chi connectivity index (χ4v) is 4.01. The number of hydrogen-bond acceptors (Lipinski definition) is 6. The number of aromatic amines is 1. The number of aliphatic hydroxyl groups is 1. The molecule has 0 spiro atoms. The summed E-state index contributed by atoms with van der Waals surface area (Å²) < 4.78 is 13.4. The molecule has 0 aliphatic carbocycles. The Morgan fingerprint density at radius 2 is 2.12 bits per heavy atom. The molecular formula is C17H27N3O5Si. The third-order valence-electron chi connectivity index (χ3n) is 5.41. The van der Waals surface area contributed by atoms with Crippen LogP contribution in [0.4, 0.5) is 0 Å². The number of ether oxygens (including phenoxy) is 1. The highest BCUT2D eigenvalue weighted by Gasteiger charge is 2.54. The van der Waals surface area contributed by atoms with E-state index in [1.807, 2.05) is 6.07 Å². The van der Waals surface area contributed by atoms with Gasteiger partial charge < -0.3 is 14.3 Å². The molecule has 144 valence electrons. The van der Waals surface area contributed by atoms with E-state index >= 15 is 0 Å². The zero-order valence-electron chi connectivity index (χ0n) is 16.1. The average Bonchev–Trinajstić information content (AvgIpc) is 2.88. The van der Waals surface area contributed by atoms with Crippen molar-refractivity contribution in [1.82, 2.24) is 9.55 Å². The van der Waals surface area contributed by atoms with Crippen molar-refractivity contribution in [2.45, 2.75) is 70.2 Å². The van der Waals surface area contributed by atoms with Gasteiger partial charge in [0.15, 0.2) is 8.32 Å². The van der Waals surface area contributed by atoms with Gasteiger partial charge in [0.05, 0.1) is 12.7 Å². The molecule has 1 aromatic rings. The lowest BCUT2D eigenvalue weighted by Crippen LogP contribution is -2.51. The van der Waals surface area contributed by atoms with Crippen LogP contribution in [0.15, 0.2) is 15.8 Å². The van der Waals surface area contributed by atoms with Gasteiger partial charge in [-0.05, 0) is 25.1 Å². The molecule has 0 aromatic carbocycles. The highest BCUT2D eigenvalue weighted by atomic mass is 28.4. The predicted octanol–water partition coefficient (Wildman–Crippen LogP) is 1.41. The van der Waals surface area contributed by atoms with Crippen molar-refractivity contribution in [3.05, 3.63) is 32.6 Å². The Labute approximate surface area is 153 Å². The summed E-state index contributed by atoms with van der Waals surface area (Å²) in [4.78, 5) is 26.0. The molecule has 26 heavy (non-hydrogen) atoms. The van der Waals surface area contributed by atoms with Crippen molar-refractivity contribution in [3.8, 4) is 6.07 Å². The van der Waals surface area contributed by atoms with Gasteiger partial charge in [0.25, 0.3) is 5.56 Å². The van der Waals surface area contributed by atoms with Crippen molar-refractivity contribution in [1.29, 1.82) is 5.26 Å². The maximum Gasteiger partial charge on any atom is 0.330 e. The fraction of sp³-hybridized carbons (Fsp3) is 0.706. The second kappa shape index (κ2) is 6.77. The highest BCUT2D eigenvalue weighted by Crippen LogP contribution is 2.44. The van der Waals surface area contributed by atoms with Crippen LogP contribution in [0.3, 0.4) is 0 Å². The lowest BCUT2D eigenvalue weighted by molar-refractivity contribution is -0.0901. The number of aromatic nitrogens is 2. The lowest BCUT2D eigenvalue weighted by atomic mass is 10.00. The van der Waals surface area contributed by atoms with Crippen LogP contribution in [0.1, 0.15) is 39.0 Å². The third kappa shape index (κ3) is 3.55. The van der Waals surface area contributed by atoms with Crippen molar-refractivity contribution < 1.29 is 14.3 Å². The van der Waals surface area contributed by atoms with Gasteiger partial charge >= 0.3 is 5.69 Å². The van der Waals surface area contributed by atoms with Crippen LogP contribution in [0.2, 0.25) is 18.1 Å². The van der Waals surface area contributed by atoms with E-state index in [1.165, 1.54) is 10.8 Å². The first kappa shape index (κ1) is 20.6. The Bertz CT molecular complexity index is 833. The van der Waals surface area contributed by atoms with Crippen LogP contribution < -0.4 is 11.2 Å². The number of nitriles is 1. The number of aryl methyl sites for hydroxylation is 1. The van der Waals surface area contributed by atoms with Gasteiger partial charge in [-0.25, -0.2) is 4.79 Å². The van der Waals surface area contributed by atoms with Crippen LogP contribution in [0, 0.1) is 18.3 Å². The third-order valence-corrected chi connectivity index (χ3v) is 9.89. The van der Waals surface area contributed by atoms with Crippen LogP contribution in [0.25, 0.3) is 0 Å². The second-order valence-corrected chi connectivity index (χ2v) is 13.1. The monoisotopic (exact) mass is 381 g/mol. The molecule has 1 aromatic heterocycles. The fourth-order valence-electron chi connectivity index (χ4n) is 2.66. The van der Waals surface area contributed by atoms with Crippen molar-refractivity contribution in [3.63, 3.8) is 0 Å². The van der Waals surface area contributed by atoms with E-state index in [0.29, 0.717) is 5.56 Å². The van der Waals surface area contributed by atoms with Gasteiger partial charge in [0.1, 0.15) is 12.3 Å². The summed E-state index contributed by atoms with van der Waals surface area (Å²) in [5, 5.41) is 19.4. The van der Waals surface area contributed by atoms with E-state index in [1.54, 1.807) is 6.92 Å². The Morgan fingerprint density at radius 3 is 2.62 bits per heavy atom. The maximum absolute atomic E-state index is 12.2. The van der Waals surface area contributed by atoms with Crippen LogP contribution in [-0.2, 0) is 9.16 Å². The smallest absolute Gasteiger partial charge is 0.330 e. The van der Waals surface area contributed by atoms with E-state index in [4.69, 9.17) is 9.16 Å². The Morgan fingerprint density at radius 1 is 1.50 bits per heavy atom. The highest BCUT2D eigenvalue weighted by molar-refractivity contribution is 6.74. The van der Waals surface area contributed by atoms with Crippen molar-refractivity contribution in [2.24, 2.45) is 0 Å². The quantitative estimate of drug-likeness (QED) is 0.762. The molecule has 3 atom stereocenters. The van der Waals surface area contributed by atoms with Gasteiger partial charge in [-0.2, -0.15) is 5.26 Å². The van der Waals surface area contributed by atoms with Gasteiger partial charge in [0.2, 0.25) is 5.60 Å². The molecule has 0 amide bonds. The maximum atomic E-state index is 12.2. The number of H-pyrrole nitrogens is 1. The molecule has 0 bridgehead atoms. The summed E-state index contributed by atoms with van der Waals surface area (Å²) in [5.41, 5.74) is -2.28. The molecule has 1 fully saturated rings. The molecule has 2 N–H and O–H groups in total. The van der Waals surface area contributed by atoms with Crippen molar-refractivity contribution in [2.75, 3.05) is 6.61 Å². The topological polar surface area (TPSA) is 117 Å². The summed E-state index contributed by atoms with van der Waals surface area (Å²) >= 11 is 0. The summed E-state index contributed by atoms with van der Waals surface area (Å²) in [5.74, 6) is 0. The molecule has 9 heteroatoms. The Kier molecular flexibility index (Phi) is 5.36. The first-order chi connectivity index (χ1) is 11.9. The number of rotatable bonds is 4. The van der Waals surface area contributed by atoms with Crippen LogP contribution in [0.5, 0.6) is 0 Å². The first-order valence-electron chi connectivity index (χ1n) is 8.57. The molecule has 2 heterocycles. The molecule has 0 unspecified atom stereocenters. The van der Waals surface area contributed by atoms with E-state index in [0.717, 1.165) is 0 Å². The van der Waals surface area contributed by atoms with Gasteiger partial charge in [-0.1, -0.05) is 20.8 Å². The molecule has 2 rings (SSSR count). The zero-order chi connectivity index (χ0) is 19.9. The SMILES string of the molecule is Cc1cn([C@H]2C[C@H](O[Si](C)(C)C(C)(C)C)[C@@](C#N)(CO)O2)c(=O)[nH]c1=O. The summed E-state index contributed by atoms with van der Waals surface area (Å²) in [6.45, 7) is 11.4. The molecule has 1 aliphatic rings. The van der Waals surface area contributed by atoms with Crippen molar-refractivity contribution >= 4 is 8.32 Å². The van der Waals surface area contributed by atoms with E-state index in [9.17, 15) is 20.0 Å². The Hall–Kier alpha value is -1.73. The number of nitrogens with zero attached hydrogens (tertiary/aromatic N) is 2. The molecule has 0 radical (unpaired) electrons. The predicted molar refractivity (Wildman–Crippen MR) is 98.3 cm³/mol. The zero-order valence-corrected chi connectivity index (χ0v) is 17.1. The molecule has 0 saturated carbocycles. The standard InChI is InChI=1S/C17H27N3O5Si/c1-11-8-20(15(23)19-14(11)22)13-7-12(17(9-18,10-21)24-13)25-26(5,6)16(2,3)4/h8,12-13,21H,7,10H2,1-6H3,(H,19,22,23)/t12-,13+,17+/m0/s1. The molecular weight excluding hydrogens is 354 g/mol. The lowest BCUT2D eigenvalue weighted by Gasteiger charge is -2.40. The van der Waals surface area contributed by atoms with E-state index < -0.39 is 44.1 Å². The minimum Gasteiger partial charge on any atom is -0.410 e. The largest absolute Gasteiger partial charge is 0.410 e. The normalized spacial score (nSPS) is 26.7. The molecule has 1 aliphatic heterocycles. The summed E-state index contributed by atoms with van der Waals surface area (Å²) in [6.07, 6.45) is 0.147.